The molecule has 4 nitrogen and oxygen atoms in total. The third-order valence-electron chi connectivity index (χ3n) is 14.6. The maximum absolute atomic E-state index is 10.2. The number of aromatic nitrogens is 3. The smallest absolute Gasteiger partial charge is 0.0991 e. The van der Waals surface area contributed by atoms with Gasteiger partial charge >= 0.3 is 0 Å². The molecule has 0 spiro atoms. The third-order valence-corrected chi connectivity index (χ3v) is 14.6. The van der Waals surface area contributed by atoms with Crippen molar-refractivity contribution in [1.82, 2.24) is 13.7 Å². The first kappa shape index (κ1) is 44.2. The fourth-order valence-corrected chi connectivity index (χ4v) is 10.8. The van der Waals surface area contributed by atoms with E-state index in [1.165, 1.54) is 82.3 Å². The molecule has 3 heterocycles. The Morgan fingerprint density at radius 1 is 0.362 bits per heavy atom. The van der Waals surface area contributed by atoms with Crippen molar-refractivity contribution in [2.75, 3.05) is 0 Å². The Bertz CT molecular complexity index is 3860. The van der Waals surface area contributed by atoms with E-state index in [0.717, 1.165) is 33.5 Å². The summed E-state index contributed by atoms with van der Waals surface area (Å²) >= 11 is 0. The van der Waals surface area contributed by atoms with Gasteiger partial charge in [-0.2, -0.15) is 5.26 Å². The predicted molar refractivity (Wildman–Crippen MR) is 294 cm³/mol. The third kappa shape index (κ3) is 7.08. The van der Waals surface area contributed by atoms with Crippen molar-refractivity contribution in [2.45, 2.75) is 105 Å². The molecule has 8 aromatic carbocycles. The van der Waals surface area contributed by atoms with E-state index in [9.17, 15) is 5.26 Å². The molecule has 3 aromatic heterocycles. The molecular weight excluding hydrogens is 837 g/mol. The summed E-state index contributed by atoms with van der Waals surface area (Å²) in [5.74, 6) is 0. The number of hydrogen-bond donors (Lipinski definition) is 0. The molecule has 0 amide bonds. The van der Waals surface area contributed by atoms with Crippen LogP contribution in [0.15, 0.2) is 158 Å². The summed E-state index contributed by atoms with van der Waals surface area (Å²) in [7, 11) is 0. The molecule has 0 fully saturated rings. The SMILES string of the molecule is CC(C)(C)c1cc(-n2c3ccccc3c3c2ccc2c4ccc5c(c6ccccc6n5-c5ccc(C#N)cc5-c5ccccc5)c4n(-c4cc(C(C)(C)C)cc(C(C)(C)C)c4)c23)cc(C(C)(C)C)c1. The van der Waals surface area contributed by atoms with Gasteiger partial charge in [0.15, 0.2) is 0 Å². The Hall–Kier alpha value is -7.35. The van der Waals surface area contributed by atoms with Gasteiger partial charge in [0.25, 0.3) is 0 Å². The van der Waals surface area contributed by atoms with Crippen LogP contribution in [-0.4, -0.2) is 13.7 Å². The minimum absolute atomic E-state index is 0.0402. The van der Waals surface area contributed by atoms with Crippen molar-refractivity contribution in [3.63, 3.8) is 0 Å². The Labute approximate surface area is 407 Å². The van der Waals surface area contributed by atoms with Crippen LogP contribution in [0.3, 0.4) is 0 Å². The number of rotatable bonds is 4. The van der Waals surface area contributed by atoms with Crippen LogP contribution in [0.5, 0.6) is 0 Å². The Kier molecular flexibility index (Phi) is 9.81. The highest BCUT2D eigenvalue weighted by Crippen LogP contribution is 2.48. The number of para-hydroxylation sites is 2. The quantitative estimate of drug-likeness (QED) is 0.173. The minimum Gasteiger partial charge on any atom is -0.309 e. The largest absolute Gasteiger partial charge is 0.309 e. The summed E-state index contributed by atoms with van der Waals surface area (Å²) in [5.41, 5.74) is 18.1. The van der Waals surface area contributed by atoms with E-state index in [-0.39, 0.29) is 21.7 Å². The van der Waals surface area contributed by atoms with Crippen molar-refractivity contribution < 1.29 is 0 Å². The highest BCUT2D eigenvalue weighted by Gasteiger charge is 2.29. The Morgan fingerprint density at radius 3 is 1.25 bits per heavy atom. The Balaban J connectivity index is 1.36. The molecule has 11 rings (SSSR count). The van der Waals surface area contributed by atoms with Gasteiger partial charge < -0.3 is 13.7 Å². The maximum Gasteiger partial charge on any atom is 0.0991 e. The van der Waals surface area contributed by atoms with Crippen LogP contribution in [0, 0.1) is 11.3 Å². The molecule has 0 saturated carbocycles. The summed E-state index contributed by atoms with van der Waals surface area (Å²) in [6.45, 7) is 28.0. The number of benzene rings is 8. The van der Waals surface area contributed by atoms with Crippen molar-refractivity contribution in [2.24, 2.45) is 0 Å². The van der Waals surface area contributed by atoms with E-state index in [4.69, 9.17) is 0 Å². The van der Waals surface area contributed by atoms with Crippen molar-refractivity contribution in [3.8, 4) is 34.3 Å². The zero-order chi connectivity index (χ0) is 48.5. The first-order valence-electron chi connectivity index (χ1n) is 24.6. The van der Waals surface area contributed by atoms with Gasteiger partial charge in [-0.05, 0) is 116 Å². The lowest BCUT2D eigenvalue weighted by atomic mass is 9.80. The molecule has 4 heteroatoms. The van der Waals surface area contributed by atoms with Crippen LogP contribution in [0.2, 0.25) is 0 Å². The molecule has 0 aliphatic rings. The molecule has 0 bridgehead atoms. The molecule has 0 N–H and O–H groups in total. The highest BCUT2D eigenvalue weighted by atomic mass is 15.0. The fourth-order valence-electron chi connectivity index (χ4n) is 10.8. The van der Waals surface area contributed by atoms with Gasteiger partial charge in [0, 0.05) is 49.3 Å². The Morgan fingerprint density at radius 2 is 0.783 bits per heavy atom. The minimum atomic E-state index is -0.0995. The van der Waals surface area contributed by atoms with E-state index in [2.05, 4.69) is 242 Å². The van der Waals surface area contributed by atoms with Crippen LogP contribution in [0.4, 0.5) is 0 Å². The van der Waals surface area contributed by atoms with Gasteiger partial charge in [0.1, 0.15) is 0 Å². The van der Waals surface area contributed by atoms with Gasteiger partial charge in [0.05, 0.1) is 50.4 Å². The summed E-state index contributed by atoms with van der Waals surface area (Å²) in [6.07, 6.45) is 0. The molecule has 0 radical (unpaired) electrons. The molecule has 0 saturated heterocycles. The van der Waals surface area contributed by atoms with E-state index in [1.54, 1.807) is 0 Å². The normalized spacial score (nSPS) is 12.9. The van der Waals surface area contributed by atoms with E-state index in [1.807, 2.05) is 18.2 Å². The molecular formula is C65H62N4. The summed E-state index contributed by atoms with van der Waals surface area (Å²) in [6, 6.07) is 61.0. The first-order chi connectivity index (χ1) is 32.7. The monoisotopic (exact) mass is 898 g/mol. The average molecular weight is 899 g/mol. The summed E-state index contributed by atoms with van der Waals surface area (Å²) in [5, 5.41) is 17.5. The summed E-state index contributed by atoms with van der Waals surface area (Å²) in [4.78, 5) is 0. The second kappa shape index (κ2) is 15.3. The molecule has 69 heavy (non-hydrogen) atoms. The predicted octanol–water partition coefficient (Wildman–Crippen LogP) is 17.7. The standard InChI is InChI=1S/C65H62N4/c1-62(2,3)42-33-43(63(4,5)6)36-46(35-42)67-53-24-18-16-22-50(53)58-56(67)30-27-48-49-28-31-57-59(61(49)68(60(48)58)47-37-44(64(7,8)9)34-45(38-47)65(10,11)12)51-23-17-19-25-54(51)69(57)55-29-26-40(39-66)32-52(55)41-20-14-13-15-21-41/h13-38H,1-12H3. The van der Waals surface area contributed by atoms with Crippen molar-refractivity contribution in [3.05, 3.63) is 186 Å². The molecule has 11 aromatic rings. The zero-order valence-electron chi connectivity index (χ0n) is 42.3. The topological polar surface area (TPSA) is 38.6 Å². The molecule has 0 unspecified atom stereocenters. The van der Waals surface area contributed by atoms with Crippen LogP contribution < -0.4 is 0 Å². The van der Waals surface area contributed by atoms with E-state index in [0.29, 0.717) is 5.56 Å². The molecule has 0 aliphatic heterocycles. The van der Waals surface area contributed by atoms with Gasteiger partial charge in [-0.15, -0.1) is 0 Å². The molecule has 0 aliphatic carbocycles. The van der Waals surface area contributed by atoms with E-state index < -0.39 is 0 Å². The van der Waals surface area contributed by atoms with Crippen LogP contribution in [-0.2, 0) is 21.7 Å². The maximum atomic E-state index is 10.2. The van der Waals surface area contributed by atoms with Gasteiger partial charge in [-0.1, -0.05) is 174 Å². The van der Waals surface area contributed by atoms with Gasteiger partial charge in [-0.3, -0.25) is 0 Å². The van der Waals surface area contributed by atoms with Gasteiger partial charge in [-0.25, -0.2) is 0 Å². The zero-order valence-corrected chi connectivity index (χ0v) is 42.3. The molecule has 0 atom stereocenters. The van der Waals surface area contributed by atoms with Crippen LogP contribution in [0.1, 0.15) is 111 Å². The van der Waals surface area contributed by atoms with Crippen molar-refractivity contribution in [1.29, 1.82) is 5.26 Å². The van der Waals surface area contributed by atoms with Crippen molar-refractivity contribution >= 4 is 65.4 Å². The average Bonchev–Trinajstić information content (AvgIpc) is 3.96. The number of hydrogen-bond acceptors (Lipinski definition) is 1. The van der Waals surface area contributed by atoms with Crippen LogP contribution in [0.25, 0.3) is 93.6 Å². The second-order valence-electron chi connectivity index (χ2n) is 23.5. The lowest BCUT2D eigenvalue weighted by molar-refractivity contribution is 0.567. The lowest BCUT2D eigenvalue weighted by Crippen LogP contribution is -2.17. The van der Waals surface area contributed by atoms with E-state index >= 15 is 0 Å². The van der Waals surface area contributed by atoms with Gasteiger partial charge in [0.2, 0.25) is 0 Å². The number of nitrogens with zero attached hydrogens (tertiary/aromatic N) is 4. The number of fused-ring (bicyclic) bond motifs is 11. The highest BCUT2D eigenvalue weighted by molar-refractivity contribution is 6.31. The molecule has 342 valence electrons. The van der Waals surface area contributed by atoms with Crippen LogP contribution >= 0.6 is 0 Å². The lowest BCUT2D eigenvalue weighted by Gasteiger charge is -2.27. The number of nitriles is 1. The first-order valence-corrected chi connectivity index (χ1v) is 24.6. The summed E-state index contributed by atoms with van der Waals surface area (Å²) < 4.78 is 7.59. The second-order valence-corrected chi connectivity index (χ2v) is 23.5. The fraction of sp³-hybridized carbons (Fsp3) is 0.246.